The number of aromatic nitrogens is 1. The van der Waals surface area contributed by atoms with Crippen molar-refractivity contribution in [3.05, 3.63) is 41.5 Å². The number of benzene rings is 2. The van der Waals surface area contributed by atoms with E-state index >= 15 is 0 Å². The van der Waals surface area contributed by atoms with Crippen LogP contribution in [0, 0.1) is 11.3 Å². The van der Waals surface area contributed by atoms with Gasteiger partial charge in [-0.2, -0.15) is 5.26 Å². The molecule has 0 aliphatic heterocycles. The minimum absolute atomic E-state index is 0.136. The number of fused-ring (bicyclic) bond motifs is 5. The molecule has 0 saturated carbocycles. The third-order valence-electron chi connectivity index (χ3n) is 5.15. The monoisotopic (exact) mass is 420 g/mol. The Morgan fingerprint density at radius 3 is 2.48 bits per heavy atom. The molecule has 1 aromatic heterocycles. The smallest absolute Gasteiger partial charge is 0.202 e. The number of nitrogens with one attached hydrogen (secondary N) is 1. The van der Waals surface area contributed by atoms with Crippen LogP contribution in [0.2, 0.25) is 0 Å². The maximum Gasteiger partial charge on any atom is 0.202 e. The lowest BCUT2D eigenvalue weighted by atomic mass is 10.1. The highest BCUT2D eigenvalue weighted by molar-refractivity contribution is 6.30. The standard InChI is InChI=1S/C23H24N4O4/c1-27(2)8-10-30-14-5-6-18-17(11-14)21-22(25-18)15-12-19(28-3)20(29-4)13-16(15)23(21)26-31-9-7-24/h5-6,11-13,25H,8-10H2,1-4H3/b26-23-. The summed E-state index contributed by atoms with van der Waals surface area (Å²) in [5.41, 5.74) is 5.18. The van der Waals surface area contributed by atoms with E-state index in [1.807, 2.05) is 50.5 Å². The number of nitriles is 1. The molecule has 4 rings (SSSR count). The zero-order chi connectivity index (χ0) is 22.0. The van der Waals surface area contributed by atoms with Crippen LogP contribution in [-0.2, 0) is 4.84 Å². The van der Waals surface area contributed by atoms with Crippen molar-refractivity contribution < 1.29 is 19.0 Å². The summed E-state index contributed by atoms with van der Waals surface area (Å²) < 4.78 is 16.9. The van der Waals surface area contributed by atoms with E-state index in [0.717, 1.165) is 45.6 Å². The van der Waals surface area contributed by atoms with Gasteiger partial charge < -0.3 is 28.9 Å². The molecule has 0 bridgehead atoms. The number of rotatable bonds is 8. The summed E-state index contributed by atoms with van der Waals surface area (Å²) in [4.78, 5) is 10.8. The number of aromatic amines is 1. The first-order chi connectivity index (χ1) is 15.1. The molecule has 0 unspecified atom stereocenters. The van der Waals surface area contributed by atoms with E-state index in [-0.39, 0.29) is 6.61 Å². The fourth-order valence-corrected chi connectivity index (χ4v) is 3.69. The highest BCUT2D eigenvalue weighted by atomic mass is 16.6. The zero-order valence-corrected chi connectivity index (χ0v) is 18.0. The van der Waals surface area contributed by atoms with Gasteiger partial charge in [0.2, 0.25) is 6.61 Å². The molecule has 8 nitrogen and oxygen atoms in total. The summed E-state index contributed by atoms with van der Waals surface area (Å²) >= 11 is 0. The first kappa shape index (κ1) is 20.6. The predicted molar refractivity (Wildman–Crippen MR) is 118 cm³/mol. The molecular formula is C23H24N4O4. The average molecular weight is 420 g/mol. The Morgan fingerprint density at radius 2 is 1.81 bits per heavy atom. The highest BCUT2D eigenvalue weighted by Gasteiger charge is 2.32. The lowest BCUT2D eigenvalue weighted by molar-refractivity contribution is 0.179. The van der Waals surface area contributed by atoms with E-state index in [0.29, 0.717) is 23.8 Å². The predicted octanol–water partition coefficient (Wildman–Crippen LogP) is 3.40. The number of nitrogens with zero attached hydrogens (tertiary/aromatic N) is 3. The van der Waals surface area contributed by atoms with Crippen LogP contribution in [0.5, 0.6) is 17.2 Å². The maximum atomic E-state index is 8.86. The lowest BCUT2D eigenvalue weighted by Crippen LogP contribution is -2.19. The highest BCUT2D eigenvalue weighted by Crippen LogP contribution is 2.45. The largest absolute Gasteiger partial charge is 0.493 e. The number of oxime groups is 1. The van der Waals surface area contributed by atoms with Crippen molar-refractivity contribution >= 4 is 16.6 Å². The van der Waals surface area contributed by atoms with Gasteiger partial charge in [0.05, 0.1) is 19.9 Å². The summed E-state index contributed by atoms with van der Waals surface area (Å²) in [6, 6.07) is 11.7. The summed E-state index contributed by atoms with van der Waals surface area (Å²) in [6.45, 7) is 1.28. The Bertz CT molecular complexity index is 1190. The van der Waals surface area contributed by atoms with Gasteiger partial charge in [0, 0.05) is 34.1 Å². The van der Waals surface area contributed by atoms with E-state index in [1.54, 1.807) is 14.2 Å². The molecule has 0 amide bonds. The molecule has 31 heavy (non-hydrogen) atoms. The number of hydrogen-bond acceptors (Lipinski definition) is 7. The Labute approximate surface area is 180 Å². The molecule has 160 valence electrons. The fourth-order valence-electron chi connectivity index (χ4n) is 3.69. The van der Waals surface area contributed by atoms with Crippen LogP contribution in [0.1, 0.15) is 11.1 Å². The number of methoxy groups -OCH3 is 2. The Kier molecular flexibility index (Phi) is 5.69. The first-order valence-electron chi connectivity index (χ1n) is 9.84. The first-order valence-corrected chi connectivity index (χ1v) is 9.84. The summed E-state index contributed by atoms with van der Waals surface area (Å²) in [7, 11) is 7.21. The van der Waals surface area contributed by atoms with Crippen molar-refractivity contribution in [2.45, 2.75) is 0 Å². The molecule has 1 heterocycles. The van der Waals surface area contributed by atoms with E-state index < -0.39 is 0 Å². The van der Waals surface area contributed by atoms with Crippen LogP contribution in [0.25, 0.3) is 22.2 Å². The summed E-state index contributed by atoms with van der Waals surface area (Å²) in [5, 5.41) is 14.1. The maximum absolute atomic E-state index is 8.86. The number of hydrogen-bond donors (Lipinski definition) is 1. The summed E-state index contributed by atoms with van der Waals surface area (Å²) in [5.74, 6) is 1.99. The molecule has 0 spiro atoms. The third-order valence-corrected chi connectivity index (χ3v) is 5.15. The molecule has 3 aromatic rings. The van der Waals surface area contributed by atoms with Crippen LogP contribution in [0.15, 0.2) is 35.5 Å². The molecule has 1 aliphatic rings. The number of ether oxygens (including phenoxy) is 3. The van der Waals surface area contributed by atoms with Crippen molar-refractivity contribution in [3.8, 4) is 34.6 Å². The second kappa shape index (κ2) is 8.58. The molecule has 0 atom stereocenters. The van der Waals surface area contributed by atoms with Gasteiger partial charge in [-0.1, -0.05) is 5.16 Å². The summed E-state index contributed by atoms with van der Waals surface area (Å²) in [6.07, 6.45) is 0. The van der Waals surface area contributed by atoms with Crippen molar-refractivity contribution in [1.82, 2.24) is 9.88 Å². The van der Waals surface area contributed by atoms with Crippen LogP contribution >= 0.6 is 0 Å². The fraction of sp³-hybridized carbons (Fsp3) is 0.304. The SMILES string of the molecule is COc1cc2c(cc1OC)-c1[nH]c3ccc(OCCN(C)C)cc3c1/C2=N\OCC#N. The average Bonchev–Trinajstić information content (AvgIpc) is 3.27. The third kappa shape index (κ3) is 3.76. The van der Waals surface area contributed by atoms with Crippen molar-refractivity contribution in [1.29, 1.82) is 5.26 Å². The topological polar surface area (TPSA) is 92.1 Å². The van der Waals surface area contributed by atoms with Gasteiger partial charge in [0.15, 0.2) is 11.5 Å². The van der Waals surface area contributed by atoms with Crippen LogP contribution in [0.4, 0.5) is 0 Å². The van der Waals surface area contributed by atoms with Crippen molar-refractivity contribution in [2.75, 3.05) is 48.1 Å². The Hall–Kier alpha value is -3.70. The van der Waals surface area contributed by atoms with Crippen molar-refractivity contribution in [2.24, 2.45) is 5.16 Å². The van der Waals surface area contributed by atoms with E-state index in [9.17, 15) is 0 Å². The minimum Gasteiger partial charge on any atom is -0.493 e. The van der Waals surface area contributed by atoms with Crippen molar-refractivity contribution in [3.63, 3.8) is 0 Å². The molecule has 8 heteroatoms. The minimum atomic E-state index is -0.136. The van der Waals surface area contributed by atoms with E-state index in [1.165, 1.54) is 0 Å². The van der Waals surface area contributed by atoms with Gasteiger partial charge in [-0.3, -0.25) is 0 Å². The lowest BCUT2D eigenvalue weighted by Gasteiger charge is -2.12. The Morgan fingerprint density at radius 1 is 1.06 bits per heavy atom. The molecule has 0 radical (unpaired) electrons. The van der Waals surface area contributed by atoms with Gasteiger partial charge in [0.25, 0.3) is 0 Å². The van der Waals surface area contributed by atoms with Gasteiger partial charge >= 0.3 is 0 Å². The molecule has 2 aromatic carbocycles. The normalized spacial score (nSPS) is 13.2. The second-order valence-electron chi connectivity index (χ2n) is 7.36. The molecular weight excluding hydrogens is 396 g/mol. The van der Waals surface area contributed by atoms with Gasteiger partial charge in [-0.25, -0.2) is 0 Å². The molecule has 1 N–H and O–H groups in total. The number of likely N-dealkylation sites (N-methyl/N-ethyl adjacent to an activating group) is 1. The van der Waals surface area contributed by atoms with Gasteiger partial charge in [0.1, 0.15) is 24.1 Å². The van der Waals surface area contributed by atoms with Crippen LogP contribution < -0.4 is 14.2 Å². The second-order valence-corrected chi connectivity index (χ2v) is 7.36. The van der Waals surface area contributed by atoms with Gasteiger partial charge in [-0.15, -0.1) is 0 Å². The van der Waals surface area contributed by atoms with E-state index in [2.05, 4.69) is 15.0 Å². The number of H-pyrrole nitrogens is 1. The molecule has 0 saturated heterocycles. The van der Waals surface area contributed by atoms with Crippen LogP contribution in [0.3, 0.4) is 0 Å². The molecule has 1 aliphatic carbocycles. The molecule has 0 fully saturated rings. The zero-order valence-electron chi connectivity index (χ0n) is 18.0. The van der Waals surface area contributed by atoms with Crippen LogP contribution in [-0.4, -0.2) is 63.7 Å². The quantitative estimate of drug-likeness (QED) is 0.347. The van der Waals surface area contributed by atoms with E-state index in [4.69, 9.17) is 24.3 Å². The van der Waals surface area contributed by atoms with Gasteiger partial charge in [-0.05, 0) is 44.4 Å². The Balaban J connectivity index is 1.84.